The fourth-order valence-electron chi connectivity index (χ4n) is 2.32. The van der Waals surface area contributed by atoms with E-state index in [4.69, 9.17) is 11.6 Å². The van der Waals surface area contributed by atoms with E-state index in [-0.39, 0.29) is 5.69 Å². The summed E-state index contributed by atoms with van der Waals surface area (Å²) in [6.45, 7) is 0. The molecule has 0 aliphatic carbocycles. The Bertz CT molecular complexity index is 793. The number of rotatable bonds is 3. The molecular formula is C17H12ClF3N2. The topological polar surface area (TPSA) is 28.7 Å². The average Bonchev–Trinajstić information content (AvgIpc) is 2.90. The van der Waals surface area contributed by atoms with Gasteiger partial charge in [0.15, 0.2) is 0 Å². The van der Waals surface area contributed by atoms with Crippen molar-refractivity contribution in [3.63, 3.8) is 0 Å². The fraction of sp³-hybridized carbons (Fsp3) is 0.118. The summed E-state index contributed by atoms with van der Waals surface area (Å²) < 4.78 is 38.5. The number of imidazole rings is 1. The Morgan fingerprint density at radius 3 is 2.17 bits per heavy atom. The van der Waals surface area contributed by atoms with E-state index in [9.17, 15) is 13.2 Å². The minimum Gasteiger partial charge on any atom is -0.341 e. The molecule has 0 bridgehead atoms. The molecule has 0 aliphatic rings. The number of nitrogens with zero attached hydrogens (tertiary/aromatic N) is 1. The molecule has 2 aromatic carbocycles. The number of alkyl halides is 3. The summed E-state index contributed by atoms with van der Waals surface area (Å²) in [5, 5.41) is 0.555. The number of halogens is 4. The number of aromatic nitrogens is 2. The number of aromatic amines is 1. The van der Waals surface area contributed by atoms with Gasteiger partial charge in [-0.05, 0) is 24.3 Å². The van der Waals surface area contributed by atoms with Crippen molar-refractivity contribution >= 4 is 11.6 Å². The maximum absolute atomic E-state index is 12.8. The van der Waals surface area contributed by atoms with Crippen molar-refractivity contribution in [3.05, 3.63) is 65.3 Å². The van der Waals surface area contributed by atoms with Gasteiger partial charge in [-0.15, -0.1) is 0 Å². The van der Waals surface area contributed by atoms with Gasteiger partial charge >= 0.3 is 6.18 Å². The number of hydrogen-bond donors (Lipinski definition) is 1. The Morgan fingerprint density at radius 1 is 0.913 bits per heavy atom. The van der Waals surface area contributed by atoms with Crippen molar-refractivity contribution in [1.29, 1.82) is 0 Å². The van der Waals surface area contributed by atoms with Crippen LogP contribution in [0.4, 0.5) is 13.2 Å². The molecule has 1 N–H and O–H groups in total. The summed E-state index contributed by atoms with van der Waals surface area (Å²) in [6, 6.07) is 15.6. The van der Waals surface area contributed by atoms with E-state index in [1.807, 2.05) is 0 Å². The fourth-order valence-corrected chi connectivity index (χ4v) is 2.44. The van der Waals surface area contributed by atoms with Crippen LogP contribution in [0.5, 0.6) is 0 Å². The lowest BCUT2D eigenvalue weighted by Crippen LogP contribution is -2.12. The van der Waals surface area contributed by atoms with Crippen LogP contribution in [-0.4, -0.2) is 16.1 Å². The van der Waals surface area contributed by atoms with Crippen LogP contribution in [0.25, 0.3) is 22.6 Å². The van der Waals surface area contributed by atoms with Crippen molar-refractivity contribution in [1.82, 2.24) is 9.97 Å². The molecule has 0 spiro atoms. The first-order chi connectivity index (χ1) is 10.9. The van der Waals surface area contributed by atoms with Crippen molar-refractivity contribution in [2.75, 3.05) is 0 Å². The number of H-pyrrole nitrogens is 1. The maximum Gasteiger partial charge on any atom is 0.394 e. The third kappa shape index (κ3) is 3.74. The summed E-state index contributed by atoms with van der Waals surface area (Å²) in [5.41, 5.74) is 1.68. The van der Waals surface area contributed by atoms with E-state index < -0.39 is 12.6 Å². The summed E-state index contributed by atoms with van der Waals surface area (Å²) in [7, 11) is 0. The first-order valence-electron chi connectivity index (χ1n) is 6.89. The van der Waals surface area contributed by atoms with Crippen LogP contribution in [0.15, 0.2) is 54.6 Å². The molecule has 23 heavy (non-hydrogen) atoms. The highest BCUT2D eigenvalue weighted by molar-refractivity contribution is 6.30. The molecule has 0 aliphatic heterocycles. The molecule has 0 atom stereocenters. The lowest BCUT2D eigenvalue weighted by molar-refractivity contribution is -0.127. The van der Waals surface area contributed by atoms with E-state index in [0.29, 0.717) is 27.7 Å². The normalized spacial score (nSPS) is 11.7. The molecule has 0 unspecified atom stereocenters. The second-order valence-electron chi connectivity index (χ2n) is 5.08. The SMILES string of the molecule is FC(F)(F)Cc1[nH]c(-c2ccc(Cl)cc2)nc1-c1ccccc1. The highest BCUT2D eigenvalue weighted by Gasteiger charge is 2.31. The molecule has 118 valence electrons. The highest BCUT2D eigenvalue weighted by Crippen LogP contribution is 2.31. The van der Waals surface area contributed by atoms with Crippen LogP contribution in [0.1, 0.15) is 5.69 Å². The van der Waals surface area contributed by atoms with Gasteiger partial charge in [0.25, 0.3) is 0 Å². The largest absolute Gasteiger partial charge is 0.394 e. The Labute approximate surface area is 136 Å². The quantitative estimate of drug-likeness (QED) is 0.672. The summed E-state index contributed by atoms with van der Waals surface area (Å²) in [4.78, 5) is 7.16. The molecule has 0 amide bonds. The Morgan fingerprint density at radius 2 is 1.57 bits per heavy atom. The molecule has 2 nitrogen and oxygen atoms in total. The van der Waals surface area contributed by atoms with E-state index >= 15 is 0 Å². The van der Waals surface area contributed by atoms with E-state index in [1.54, 1.807) is 54.6 Å². The smallest absolute Gasteiger partial charge is 0.341 e. The third-order valence-electron chi connectivity index (χ3n) is 3.32. The molecule has 0 radical (unpaired) electrons. The Hall–Kier alpha value is -2.27. The first-order valence-corrected chi connectivity index (χ1v) is 7.27. The molecule has 1 aromatic heterocycles. The van der Waals surface area contributed by atoms with E-state index in [2.05, 4.69) is 9.97 Å². The Balaban J connectivity index is 2.08. The lowest BCUT2D eigenvalue weighted by Gasteiger charge is -2.06. The molecule has 1 heterocycles. The van der Waals surface area contributed by atoms with Crippen LogP contribution in [0, 0.1) is 0 Å². The minimum absolute atomic E-state index is 0.0497. The van der Waals surface area contributed by atoms with Gasteiger partial charge in [-0.1, -0.05) is 41.9 Å². The monoisotopic (exact) mass is 336 g/mol. The number of nitrogens with one attached hydrogen (secondary N) is 1. The zero-order valence-electron chi connectivity index (χ0n) is 11.9. The van der Waals surface area contributed by atoms with E-state index in [0.717, 1.165) is 0 Å². The number of hydrogen-bond acceptors (Lipinski definition) is 1. The lowest BCUT2D eigenvalue weighted by atomic mass is 10.1. The third-order valence-corrected chi connectivity index (χ3v) is 3.57. The molecule has 0 saturated heterocycles. The van der Waals surface area contributed by atoms with Gasteiger partial charge in [-0.25, -0.2) is 4.98 Å². The van der Waals surface area contributed by atoms with Crippen LogP contribution in [0.3, 0.4) is 0 Å². The molecular weight excluding hydrogens is 325 g/mol. The second-order valence-corrected chi connectivity index (χ2v) is 5.51. The average molecular weight is 337 g/mol. The zero-order chi connectivity index (χ0) is 16.4. The highest BCUT2D eigenvalue weighted by atomic mass is 35.5. The second kappa shape index (κ2) is 6.08. The van der Waals surface area contributed by atoms with Gasteiger partial charge in [0.2, 0.25) is 0 Å². The first kappa shape index (κ1) is 15.6. The van der Waals surface area contributed by atoms with Crippen LogP contribution >= 0.6 is 11.6 Å². The molecule has 3 rings (SSSR count). The molecule has 0 fully saturated rings. The van der Waals surface area contributed by atoms with Crippen LogP contribution in [0.2, 0.25) is 5.02 Å². The summed E-state index contributed by atoms with van der Waals surface area (Å²) >= 11 is 5.84. The maximum atomic E-state index is 12.8. The standard InChI is InChI=1S/C17H12ClF3N2/c18-13-8-6-12(7-9-13)16-22-14(10-17(19,20)21)15(23-16)11-4-2-1-3-5-11/h1-9H,10H2,(H,22,23). The van der Waals surface area contributed by atoms with Gasteiger partial charge in [-0.2, -0.15) is 13.2 Å². The van der Waals surface area contributed by atoms with Gasteiger partial charge < -0.3 is 4.98 Å². The predicted molar refractivity (Wildman–Crippen MR) is 84.2 cm³/mol. The summed E-state index contributed by atoms with van der Waals surface area (Å²) in [5.74, 6) is 0.389. The van der Waals surface area contributed by atoms with Crippen molar-refractivity contribution in [2.45, 2.75) is 12.6 Å². The van der Waals surface area contributed by atoms with Crippen molar-refractivity contribution in [2.24, 2.45) is 0 Å². The van der Waals surface area contributed by atoms with Crippen molar-refractivity contribution < 1.29 is 13.2 Å². The van der Waals surface area contributed by atoms with Crippen molar-refractivity contribution in [3.8, 4) is 22.6 Å². The zero-order valence-corrected chi connectivity index (χ0v) is 12.6. The van der Waals surface area contributed by atoms with E-state index in [1.165, 1.54) is 0 Å². The summed E-state index contributed by atoms with van der Waals surface area (Å²) in [6.07, 6.45) is -5.37. The Kier molecular flexibility index (Phi) is 4.13. The molecule has 3 aromatic rings. The van der Waals surface area contributed by atoms with Gasteiger partial charge in [0, 0.05) is 16.1 Å². The van der Waals surface area contributed by atoms with Gasteiger partial charge in [0.05, 0.1) is 17.8 Å². The van der Waals surface area contributed by atoms with Gasteiger partial charge in [-0.3, -0.25) is 0 Å². The predicted octanol–water partition coefficient (Wildman–Crippen LogP) is 5.50. The number of benzene rings is 2. The molecule has 6 heteroatoms. The minimum atomic E-state index is -4.31. The van der Waals surface area contributed by atoms with Crippen LogP contribution < -0.4 is 0 Å². The molecule has 0 saturated carbocycles. The van der Waals surface area contributed by atoms with Gasteiger partial charge in [0.1, 0.15) is 5.82 Å². The van der Waals surface area contributed by atoms with Crippen LogP contribution in [-0.2, 0) is 6.42 Å².